The molecular weight excluding hydrogens is 359 g/mol. The third-order valence-corrected chi connectivity index (χ3v) is 7.32. The summed E-state index contributed by atoms with van der Waals surface area (Å²) in [6.45, 7) is 0.569. The molecule has 0 unspecified atom stereocenters. The van der Waals surface area contributed by atoms with E-state index in [-0.39, 0.29) is 23.9 Å². The second-order valence-corrected chi connectivity index (χ2v) is 8.98. The van der Waals surface area contributed by atoms with Crippen molar-refractivity contribution in [2.75, 3.05) is 13.1 Å². The molecular formula is C17H21FN4O3S. The van der Waals surface area contributed by atoms with Gasteiger partial charge in [0, 0.05) is 19.0 Å². The first kappa shape index (κ1) is 17.6. The number of sulfonamides is 1. The molecule has 2 fully saturated rings. The molecule has 1 aromatic carbocycles. The molecule has 2 aliphatic rings. The van der Waals surface area contributed by atoms with Gasteiger partial charge in [-0.25, -0.2) is 12.8 Å². The normalized spacial score (nSPS) is 21.5. The lowest BCUT2D eigenvalue weighted by molar-refractivity contribution is 0.227. The highest BCUT2D eigenvalue weighted by molar-refractivity contribution is 7.89. The van der Waals surface area contributed by atoms with Crippen molar-refractivity contribution in [3.63, 3.8) is 0 Å². The van der Waals surface area contributed by atoms with Crippen LogP contribution in [0.4, 0.5) is 4.39 Å². The van der Waals surface area contributed by atoms with E-state index in [1.807, 2.05) is 0 Å². The third-order valence-electron chi connectivity index (χ3n) is 5.39. The van der Waals surface area contributed by atoms with Gasteiger partial charge in [0.15, 0.2) is 5.82 Å². The number of piperidine rings is 1. The van der Waals surface area contributed by atoms with Gasteiger partial charge in [0.2, 0.25) is 15.9 Å². The number of aromatic nitrogens is 2. The van der Waals surface area contributed by atoms with Crippen LogP contribution in [0.5, 0.6) is 0 Å². The van der Waals surface area contributed by atoms with E-state index < -0.39 is 21.4 Å². The highest BCUT2D eigenvalue weighted by Gasteiger charge is 2.40. The number of halogens is 1. The molecule has 1 saturated heterocycles. The van der Waals surface area contributed by atoms with Gasteiger partial charge in [0.25, 0.3) is 0 Å². The Hall–Kier alpha value is -1.84. The van der Waals surface area contributed by atoms with Gasteiger partial charge in [-0.05, 0) is 44.2 Å². The second-order valence-electron chi connectivity index (χ2n) is 7.07. The van der Waals surface area contributed by atoms with Crippen LogP contribution in [-0.2, 0) is 15.6 Å². The fraction of sp³-hybridized carbons (Fsp3) is 0.529. The topological polar surface area (TPSA) is 102 Å². The van der Waals surface area contributed by atoms with Gasteiger partial charge in [0.05, 0.1) is 5.54 Å². The predicted octanol–water partition coefficient (Wildman–Crippen LogP) is 2.11. The van der Waals surface area contributed by atoms with E-state index in [9.17, 15) is 12.8 Å². The number of hydrogen-bond acceptors (Lipinski definition) is 6. The van der Waals surface area contributed by atoms with Crippen LogP contribution < -0.4 is 5.73 Å². The molecule has 2 N–H and O–H groups in total. The Labute approximate surface area is 151 Å². The van der Waals surface area contributed by atoms with Gasteiger partial charge in [-0.3, -0.25) is 0 Å². The van der Waals surface area contributed by atoms with Gasteiger partial charge in [-0.1, -0.05) is 17.3 Å². The molecule has 0 amide bonds. The Kier molecular flexibility index (Phi) is 4.32. The minimum absolute atomic E-state index is 0.00741. The van der Waals surface area contributed by atoms with Crippen LogP contribution >= 0.6 is 0 Å². The van der Waals surface area contributed by atoms with E-state index >= 15 is 0 Å². The van der Waals surface area contributed by atoms with Crippen LogP contribution in [0.25, 0.3) is 0 Å². The molecule has 26 heavy (non-hydrogen) atoms. The number of nitrogens with zero attached hydrogens (tertiary/aromatic N) is 3. The number of nitrogens with two attached hydrogens (primary N) is 1. The second kappa shape index (κ2) is 6.40. The first-order valence-electron chi connectivity index (χ1n) is 8.78. The molecule has 140 valence electrons. The molecule has 1 saturated carbocycles. The Morgan fingerprint density at radius 3 is 2.54 bits per heavy atom. The molecule has 7 nitrogen and oxygen atoms in total. The summed E-state index contributed by atoms with van der Waals surface area (Å²) in [6.07, 6.45) is 3.86. The maximum Gasteiger partial charge on any atom is 0.245 e. The highest BCUT2D eigenvalue weighted by atomic mass is 32.2. The quantitative estimate of drug-likeness (QED) is 0.872. The molecule has 4 rings (SSSR count). The van der Waals surface area contributed by atoms with Crippen molar-refractivity contribution in [3.05, 3.63) is 41.8 Å². The summed E-state index contributed by atoms with van der Waals surface area (Å²) in [5.74, 6) is 0.316. The van der Waals surface area contributed by atoms with Crippen molar-refractivity contribution < 1.29 is 17.3 Å². The van der Waals surface area contributed by atoms with Crippen molar-refractivity contribution in [1.29, 1.82) is 0 Å². The molecule has 1 aliphatic heterocycles. The molecule has 0 atom stereocenters. The van der Waals surface area contributed by atoms with Crippen molar-refractivity contribution in [1.82, 2.24) is 14.4 Å². The lowest BCUT2D eigenvalue weighted by Crippen LogP contribution is -2.44. The van der Waals surface area contributed by atoms with E-state index in [1.165, 1.54) is 22.5 Å². The van der Waals surface area contributed by atoms with E-state index in [0.29, 0.717) is 24.6 Å². The van der Waals surface area contributed by atoms with E-state index in [2.05, 4.69) is 10.1 Å². The van der Waals surface area contributed by atoms with Crippen LogP contribution in [0.15, 0.2) is 33.7 Å². The van der Waals surface area contributed by atoms with Gasteiger partial charge < -0.3 is 10.3 Å². The van der Waals surface area contributed by atoms with E-state index in [0.717, 1.165) is 25.3 Å². The first-order valence-corrected chi connectivity index (χ1v) is 10.2. The summed E-state index contributed by atoms with van der Waals surface area (Å²) in [5, 5.41) is 4.02. The fourth-order valence-electron chi connectivity index (χ4n) is 3.52. The van der Waals surface area contributed by atoms with Crippen LogP contribution in [-0.4, -0.2) is 36.0 Å². The molecule has 9 heteroatoms. The highest BCUT2D eigenvalue weighted by Crippen LogP contribution is 2.38. The number of hydrogen-bond donors (Lipinski definition) is 1. The molecule has 0 radical (unpaired) electrons. The van der Waals surface area contributed by atoms with Gasteiger partial charge >= 0.3 is 0 Å². The Morgan fingerprint density at radius 2 is 1.92 bits per heavy atom. The Morgan fingerprint density at radius 1 is 1.23 bits per heavy atom. The van der Waals surface area contributed by atoms with Crippen LogP contribution in [0.3, 0.4) is 0 Å². The maximum absolute atomic E-state index is 13.9. The fourth-order valence-corrected chi connectivity index (χ4v) is 5.06. The Bertz CT molecular complexity index is 902. The smallest absolute Gasteiger partial charge is 0.245 e. The maximum atomic E-state index is 13.9. The summed E-state index contributed by atoms with van der Waals surface area (Å²) in [5.41, 5.74) is 5.74. The van der Waals surface area contributed by atoms with Crippen LogP contribution in [0, 0.1) is 5.82 Å². The molecule has 1 aromatic heterocycles. The van der Waals surface area contributed by atoms with Crippen LogP contribution in [0.1, 0.15) is 49.7 Å². The SMILES string of the molecule is NC1(c2noc(C3CCN(S(=O)(=O)c4ccccc4F)CC3)n2)CCC1. The largest absolute Gasteiger partial charge is 0.339 e. The van der Waals surface area contributed by atoms with Gasteiger partial charge in [-0.15, -0.1) is 0 Å². The Balaban J connectivity index is 1.45. The minimum Gasteiger partial charge on any atom is -0.339 e. The first-order chi connectivity index (χ1) is 12.4. The predicted molar refractivity (Wildman–Crippen MR) is 91.1 cm³/mol. The average Bonchev–Trinajstić information content (AvgIpc) is 3.10. The van der Waals surface area contributed by atoms with Gasteiger partial charge in [0.1, 0.15) is 10.7 Å². The van der Waals surface area contributed by atoms with Crippen molar-refractivity contribution >= 4 is 10.0 Å². The monoisotopic (exact) mass is 380 g/mol. The van der Waals surface area contributed by atoms with Crippen LogP contribution in [0.2, 0.25) is 0 Å². The lowest BCUT2D eigenvalue weighted by atomic mass is 9.77. The number of benzene rings is 1. The number of rotatable bonds is 4. The summed E-state index contributed by atoms with van der Waals surface area (Å²) in [7, 11) is -3.84. The average molecular weight is 380 g/mol. The zero-order valence-electron chi connectivity index (χ0n) is 14.3. The van der Waals surface area contributed by atoms with Crippen molar-refractivity contribution in [3.8, 4) is 0 Å². The lowest BCUT2D eigenvalue weighted by Gasteiger charge is -2.34. The molecule has 0 bridgehead atoms. The standard InChI is InChI=1S/C17H21FN4O3S/c18-13-4-1-2-5-14(13)26(23,24)22-10-6-12(7-11-22)15-20-16(21-25-15)17(19)8-3-9-17/h1-2,4-5,12H,3,6-11,19H2. The van der Waals surface area contributed by atoms with Crippen molar-refractivity contribution in [2.24, 2.45) is 5.73 Å². The summed E-state index contributed by atoms with van der Waals surface area (Å²) < 4.78 is 45.9. The van der Waals surface area contributed by atoms with E-state index in [4.69, 9.17) is 10.3 Å². The minimum atomic E-state index is -3.84. The van der Waals surface area contributed by atoms with E-state index in [1.54, 1.807) is 0 Å². The summed E-state index contributed by atoms with van der Waals surface area (Å²) in [6, 6.07) is 5.44. The zero-order valence-corrected chi connectivity index (χ0v) is 15.1. The summed E-state index contributed by atoms with van der Waals surface area (Å²) >= 11 is 0. The molecule has 1 aliphatic carbocycles. The summed E-state index contributed by atoms with van der Waals surface area (Å²) in [4.78, 5) is 4.17. The molecule has 2 heterocycles. The van der Waals surface area contributed by atoms with Crippen molar-refractivity contribution in [2.45, 2.75) is 48.5 Å². The van der Waals surface area contributed by atoms with Gasteiger partial charge in [-0.2, -0.15) is 9.29 Å². The molecule has 2 aromatic rings. The zero-order chi connectivity index (χ0) is 18.4. The third kappa shape index (κ3) is 2.93. The molecule has 0 spiro atoms.